The molecule has 1 aromatic carbocycles. The van der Waals surface area contributed by atoms with E-state index >= 15 is 0 Å². The molecule has 0 fully saturated rings. The van der Waals surface area contributed by atoms with Gasteiger partial charge < -0.3 is 30.4 Å². The summed E-state index contributed by atoms with van der Waals surface area (Å²) in [6.45, 7) is 1.11. The molecule has 2 aromatic rings. The van der Waals surface area contributed by atoms with Gasteiger partial charge in [0.15, 0.2) is 0 Å². The average Bonchev–Trinajstić information content (AvgIpc) is 3.38. The summed E-state index contributed by atoms with van der Waals surface area (Å²) >= 11 is 0. The Morgan fingerprint density at radius 2 is 1.62 bits per heavy atom. The third kappa shape index (κ3) is 9.35. The number of nitrogens with one attached hydrogen (secondary N) is 2. The van der Waals surface area contributed by atoms with Crippen molar-refractivity contribution >= 4 is 41.6 Å². The Bertz CT molecular complexity index is 1370. The van der Waals surface area contributed by atoms with Crippen LogP contribution < -0.4 is 15.8 Å². The van der Waals surface area contributed by atoms with Gasteiger partial charge in [0.05, 0.1) is 18.3 Å². The van der Waals surface area contributed by atoms with Crippen molar-refractivity contribution in [3.05, 3.63) is 53.5 Å². The fourth-order valence-electron chi connectivity index (χ4n) is 3.15. The van der Waals surface area contributed by atoms with Gasteiger partial charge in [-0.05, 0) is 36.4 Å². The number of carboxylic acids is 2. The van der Waals surface area contributed by atoms with E-state index in [1.54, 1.807) is 0 Å². The Labute approximate surface area is 232 Å². The van der Waals surface area contributed by atoms with E-state index < -0.39 is 72.6 Å². The van der Waals surface area contributed by atoms with Crippen LogP contribution in [0.2, 0.25) is 0 Å². The molecule has 226 valence electrons. The van der Waals surface area contributed by atoms with E-state index in [1.807, 2.05) is 5.32 Å². The molecule has 15 nitrogen and oxygen atoms in total. The molecule has 42 heavy (non-hydrogen) atoms. The summed E-state index contributed by atoms with van der Waals surface area (Å²) in [6, 6.07) is 5.84. The summed E-state index contributed by atoms with van der Waals surface area (Å²) in [7, 11) is 0. The molecule has 2 unspecified atom stereocenters. The number of esters is 1. The summed E-state index contributed by atoms with van der Waals surface area (Å²) in [4.78, 5) is 77.6. The molecule has 0 bridgehead atoms. The van der Waals surface area contributed by atoms with E-state index in [1.165, 1.54) is 36.4 Å². The molecule has 1 amide bonds. The van der Waals surface area contributed by atoms with Gasteiger partial charge in [0.1, 0.15) is 23.4 Å². The van der Waals surface area contributed by atoms with Crippen LogP contribution in [0.3, 0.4) is 0 Å². The number of carbonyl (C=O) groups excluding carboxylic acids is 4. The first-order valence-electron chi connectivity index (χ1n) is 11.5. The maximum Gasteiger partial charge on any atom is 0.495 e. The number of hydrogen-bond acceptors (Lipinski definition) is 11. The molecule has 0 aliphatic rings. The molecule has 0 saturated heterocycles. The second kappa shape index (κ2) is 13.8. The van der Waals surface area contributed by atoms with Crippen LogP contribution in [0, 0.1) is 17.2 Å². The van der Waals surface area contributed by atoms with Crippen molar-refractivity contribution in [1.82, 2.24) is 5.32 Å². The van der Waals surface area contributed by atoms with Gasteiger partial charge in [0.25, 0.3) is 0 Å². The minimum Gasteiger partial charge on any atom is -0.481 e. The Kier molecular flexibility index (Phi) is 10.8. The van der Waals surface area contributed by atoms with E-state index in [0.717, 1.165) is 6.92 Å². The highest BCUT2D eigenvalue weighted by Gasteiger charge is 2.43. The number of aliphatic carboxylic acids is 2. The number of ether oxygens (including phenoxy) is 1. The Balaban J connectivity index is 2.11. The summed E-state index contributed by atoms with van der Waals surface area (Å²) < 4.78 is 46.9. The first-order valence-corrected chi connectivity index (χ1v) is 11.5. The van der Waals surface area contributed by atoms with E-state index in [-0.39, 0.29) is 23.1 Å². The van der Waals surface area contributed by atoms with Crippen molar-refractivity contribution in [1.29, 1.82) is 5.41 Å². The van der Waals surface area contributed by atoms with Crippen molar-refractivity contribution in [2.75, 3.05) is 0 Å². The first kappa shape index (κ1) is 32.8. The number of furan rings is 1. The van der Waals surface area contributed by atoms with Crippen molar-refractivity contribution in [2.24, 2.45) is 17.6 Å². The van der Waals surface area contributed by atoms with E-state index in [9.17, 15) is 52.2 Å². The highest BCUT2D eigenvalue weighted by molar-refractivity contribution is 5.95. The number of rotatable bonds is 12. The topological polar surface area (TPSA) is 246 Å². The first-order chi connectivity index (χ1) is 19.5. The predicted octanol–water partition coefficient (Wildman–Crippen LogP) is 1.19. The summed E-state index contributed by atoms with van der Waals surface area (Å²) in [5.41, 5.74) is 5.73. The third-order valence-corrected chi connectivity index (χ3v) is 5.42. The lowest BCUT2D eigenvalue weighted by Gasteiger charge is -2.22. The zero-order valence-corrected chi connectivity index (χ0v) is 21.3. The molecule has 0 spiro atoms. The number of halogens is 3. The van der Waals surface area contributed by atoms with Gasteiger partial charge in [0.2, 0.25) is 11.7 Å². The molecule has 0 radical (unpaired) electrons. The molecule has 1 heterocycles. The Hall–Kier alpha value is -5.42. The van der Waals surface area contributed by atoms with Crippen LogP contribution in [0.15, 0.2) is 40.8 Å². The summed E-state index contributed by atoms with van der Waals surface area (Å²) in [5.74, 6) is -13.8. The van der Waals surface area contributed by atoms with Crippen LogP contribution in [0.5, 0.6) is 5.75 Å². The Morgan fingerprint density at radius 3 is 2.14 bits per heavy atom. The number of amides is 1. The van der Waals surface area contributed by atoms with Gasteiger partial charge in [-0.25, -0.2) is 29.0 Å². The van der Waals surface area contributed by atoms with Gasteiger partial charge >= 0.3 is 36.0 Å². The number of alkyl halides is 3. The van der Waals surface area contributed by atoms with Crippen molar-refractivity contribution in [3.8, 4) is 5.75 Å². The van der Waals surface area contributed by atoms with Crippen LogP contribution >= 0.6 is 0 Å². The Morgan fingerprint density at radius 1 is 1.00 bits per heavy atom. The zero-order chi connectivity index (χ0) is 31.8. The molecule has 0 aliphatic carbocycles. The maximum absolute atomic E-state index is 12.9. The molecule has 3 atom stereocenters. The number of nitrogen functional groups attached to an aromatic ring is 1. The second-order valence-corrected chi connectivity index (χ2v) is 8.46. The second-order valence-electron chi connectivity index (χ2n) is 8.46. The fraction of sp³-hybridized carbons (Fsp3) is 0.292. The number of carboxylic acid groups (broad SMARTS) is 2. The molecule has 2 rings (SSSR count). The molecule has 0 aliphatic heterocycles. The highest BCUT2D eigenvalue weighted by Crippen LogP contribution is 2.22. The van der Waals surface area contributed by atoms with Gasteiger partial charge in [0, 0.05) is 12.0 Å². The largest absolute Gasteiger partial charge is 0.495 e. The standard InChI is InChI=1S/C24H22F3N3O12/c1-10(20(33)34)14(19(32)30-15(21(35)36)9-17(31)41-42-23(38)24(25,26)27)8-13-6-7-16(39-13)22(37)40-12-4-2-11(3-5-12)18(28)29/h2-7,10,14-15H,8-9H2,1H3,(H3,28,29)(H,30,32)(H,33,34)(H,35,36)/t10?,14?,15-/m0/s1. The van der Waals surface area contributed by atoms with Gasteiger partial charge in [-0.15, -0.1) is 0 Å². The van der Waals surface area contributed by atoms with Crippen LogP contribution in [0.1, 0.15) is 35.2 Å². The minimum atomic E-state index is -5.51. The van der Waals surface area contributed by atoms with E-state index in [4.69, 9.17) is 20.3 Å². The minimum absolute atomic E-state index is 0.0751. The van der Waals surface area contributed by atoms with Crippen molar-refractivity contribution in [3.63, 3.8) is 0 Å². The van der Waals surface area contributed by atoms with Crippen LogP contribution in [-0.4, -0.2) is 64.0 Å². The van der Waals surface area contributed by atoms with Crippen molar-refractivity contribution < 1.29 is 71.1 Å². The predicted molar refractivity (Wildman–Crippen MR) is 128 cm³/mol. The number of hydrogen-bond donors (Lipinski definition) is 5. The third-order valence-electron chi connectivity index (χ3n) is 5.42. The quantitative estimate of drug-likeness (QED) is 0.0573. The molecule has 0 saturated carbocycles. The lowest BCUT2D eigenvalue weighted by Crippen LogP contribution is -2.47. The SMILES string of the molecule is CC(C(=O)O)C(Cc1ccc(C(=O)Oc2ccc(C(=N)N)cc2)o1)C(=O)N[C@@H](CC(=O)OOC(=O)C(F)(F)F)C(=O)O. The number of nitrogens with two attached hydrogens (primary N) is 1. The molecule has 6 N–H and O–H groups in total. The molecular weight excluding hydrogens is 579 g/mol. The fourth-order valence-corrected chi connectivity index (χ4v) is 3.15. The number of benzene rings is 1. The van der Waals surface area contributed by atoms with Gasteiger partial charge in [-0.1, -0.05) is 6.92 Å². The molecule has 1 aromatic heterocycles. The van der Waals surface area contributed by atoms with Crippen LogP contribution in [0.25, 0.3) is 0 Å². The van der Waals surface area contributed by atoms with Gasteiger partial charge in [-0.3, -0.25) is 15.0 Å². The van der Waals surface area contributed by atoms with E-state index in [0.29, 0.717) is 5.56 Å². The zero-order valence-electron chi connectivity index (χ0n) is 21.3. The van der Waals surface area contributed by atoms with E-state index in [2.05, 4.69) is 9.78 Å². The highest BCUT2D eigenvalue weighted by atomic mass is 19.4. The van der Waals surface area contributed by atoms with Crippen LogP contribution in [0.4, 0.5) is 13.2 Å². The van der Waals surface area contributed by atoms with Gasteiger partial charge in [-0.2, -0.15) is 13.2 Å². The number of carbonyl (C=O) groups is 6. The monoisotopic (exact) mass is 601 g/mol. The maximum atomic E-state index is 12.9. The normalized spacial score (nSPS) is 13.1. The lowest BCUT2D eigenvalue weighted by atomic mass is 9.89. The van der Waals surface area contributed by atoms with Crippen LogP contribution in [-0.2, 0) is 40.2 Å². The summed E-state index contributed by atoms with van der Waals surface area (Å²) in [6.07, 6.45) is -7.30. The van der Waals surface area contributed by atoms with Crippen molar-refractivity contribution in [2.45, 2.75) is 32.0 Å². The number of amidine groups is 1. The lowest BCUT2D eigenvalue weighted by molar-refractivity contribution is -0.286. The molecule has 18 heteroatoms. The smallest absolute Gasteiger partial charge is 0.481 e. The summed E-state index contributed by atoms with van der Waals surface area (Å²) in [5, 5.41) is 28.0. The molecular formula is C24H22F3N3O12. The average molecular weight is 601 g/mol.